The molecule has 2 rings (SSSR count). The summed E-state index contributed by atoms with van der Waals surface area (Å²) in [6.07, 6.45) is 0.478. The number of H-pyrrole nitrogens is 1. The standard InChI is InChI=1S/C10H14N4O3S/c1-17-9(16)3-7-11-10(13-12-7)14-4-6(5-18)2-8(14)15/h6,18H,2-5H2,1H3,(H,11,12,13). The third-order valence-electron chi connectivity index (χ3n) is 2.76. The van der Waals surface area contributed by atoms with Crippen LogP contribution in [0.3, 0.4) is 0 Å². The number of aromatic amines is 1. The molecule has 1 N–H and O–H groups in total. The van der Waals surface area contributed by atoms with Crippen molar-refractivity contribution in [2.75, 3.05) is 24.3 Å². The molecule has 0 saturated carbocycles. The van der Waals surface area contributed by atoms with Crippen molar-refractivity contribution >= 4 is 30.5 Å². The number of carbonyl (C=O) groups excluding carboxylic acids is 2. The van der Waals surface area contributed by atoms with Gasteiger partial charge in [-0.05, 0) is 11.7 Å². The van der Waals surface area contributed by atoms with Crippen LogP contribution in [0.25, 0.3) is 0 Å². The van der Waals surface area contributed by atoms with E-state index in [1.54, 1.807) is 0 Å². The number of esters is 1. The van der Waals surface area contributed by atoms with Crippen molar-refractivity contribution in [1.29, 1.82) is 0 Å². The Hall–Kier alpha value is -1.57. The Labute approximate surface area is 109 Å². The molecule has 0 spiro atoms. The molecule has 1 atom stereocenters. The summed E-state index contributed by atoms with van der Waals surface area (Å²) in [5, 5.41) is 6.57. The number of hydrogen-bond acceptors (Lipinski definition) is 6. The fraction of sp³-hybridized carbons (Fsp3) is 0.600. The van der Waals surface area contributed by atoms with E-state index in [0.29, 0.717) is 30.5 Å². The van der Waals surface area contributed by atoms with Gasteiger partial charge >= 0.3 is 5.97 Å². The minimum atomic E-state index is -0.404. The van der Waals surface area contributed by atoms with Gasteiger partial charge in [0.25, 0.3) is 5.95 Å². The third-order valence-corrected chi connectivity index (χ3v) is 3.28. The lowest BCUT2D eigenvalue weighted by Crippen LogP contribution is -2.25. The average Bonchev–Trinajstić information content (AvgIpc) is 2.95. The Bertz CT molecular complexity index is 462. The predicted molar refractivity (Wildman–Crippen MR) is 66.4 cm³/mol. The number of rotatable bonds is 4. The second-order valence-corrected chi connectivity index (χ2v) is 4.46. The van der Waals surface area contributed by atoms with E-state index in [1.165, 1.54) is 12.0 Å². The van der Waals surface area contributed by atoms with Crippen LogP contribution in [0.5, 0.6) is 0 Å². The van der Waals surface area contributed by atoms with Crippen molar-refractivity contribution < 1.29 is 14.3 Å². The third kappa shape index (κ3) is 2.63. The molecule has 0 radical (unpaired) electrons. The van der Waals surface area contributed by atoms with Crippen LogP contribution in [0.2, 0.25) is 0 Å². The quantitative estimate of drug-likeness (QED) is 0.584. The summed E-state index contributed by atoms with van der Waals surface area (Å²) in [5.41, 5.74) is 0. The minimum Gasteiger partial charge on any atom is -0.469 e. The number of ether oxygens (including phenoxy) is 1. The lowest BCUT2D eigenvalue weighted by molar-refractivity contribution is -0.139. The lowest BCUT2D eigenvalue weighted by Gasteiger charge is -2.10. The second kappa shape index (κ2) is 5.38. The van der Waals surface area contributed by atoms with Gasteiger partial charge in [-0.1, -0.05) is 0 Å². The van der Waals surface area contributed by atoms with Crippen LogP contribution in [-0.4, -0.2) is 46.5 Å². The van der Waals surface area contributed by atoms with E-state index < -0.39 is 5.97 Å². The molecule has 1 aliphatic heterocycles. The maximum absolute atomic E-state index is 11.7. The van der Waals surface area contributed by atoms with Crippen molar-refractivity contribution in [3.8, 4) is 0 Å². The van der Waals surface area contributed by atoms with Gasteiger partial charge < -0.3 is 4.74 Å². The lowest BCUT2D eigenvalue weighted by atomic mass is 10.1. The van der Waals surface area contributed by atoms with E-state index >= 15 is 0 Å². The SMILES string of the molecule is COC(=O)Cc1nc(N2CC(CS)CC2=O)n[nH]1. The van der Waals surface area contributed by atoms with E-state index in [-0.39, 0.29) is 18.2 Å². The molecule has 1 saturated heterocycles. The molecule has 0 bridgehead atoms. The monoisotopic (exact) mass is 270 g/mol. The van der Waals surface area contributed by atoms with Gasteiger partial charge in [0, 0.05) is 13.0 Å². The molecule has 1 aliphatic rings. The number of nitrogens with zero attached hydrogens (tertiary/aromatic N) is 3. The van der Waals surface area contributed by atoms with Crippen LogP contribution in [-0.2, 0) is 20.7 Å². The molecular weight excluding hydrogens is 256 g/mol. The number of carbonyl (C=O) groups is 2. The van der Waals surface area contributed by atoms with Gasteiger partial charge in [-0.15, -0.1) is 5.10 Å². The highest BCUT2D eigenvalue weighted by Crippen LogP contribution is 2.22. The van der Waals surface area contributed by atoms with E-state index in [0.717, 1.165) is 0 Å². The summed E-state index contributed by atoms with van der Waals surface area (Å²) in [6, 6.07) is 0. The molecule has 7 nitrogen and oxygen atoms in total. The van der Waals surface area contributed by atoms with E-state index in [2.05, 4.69) is 32.5 Å². The topological polar surface area (TPSA) is 88.2 Å². The van der Waals surface area contributed by atoms with Crippen LogP contribution < -0.4 is 4.90 Å². The van der Waals surface area contributed by atoms with Crippen molar-refractivity contribution in [2.45, 2.75) is 12.8 Å². The molecule has 1 aromatic rings. The summed E-state index contributed by atoms with van der Waals surface area (Å²) < 4.78 is 4.53. The van der Waals surface area contributed by atoms with Crippen molar-refractivity contribution in [3.05, 3.63) is 5.82 Å². The zero-order valence-electron chi connectivity index (χ0n) is 9.92. The first kappa shape index (κ1) is 12.9. The Kier molecular flexibility index (Phi) is 3.85. The largest absolute Gasteiger partial charge is 0.469 e. The number of nitrogens with one attached hydrogen (secondary N) is 1. The van der Waals surface area contributed by atoms with Gasteiger partial charge in [-0.25, -0.2) is 0 Å². The molecule has 98 valence electrons. The Morgan fingerprint density at radius 1 is 1.67 bits per heavy atom. The molecule has 0 aromatic carbocycles. The fourth-order valence-corrected chi connectivity index (χ4v) is 2.04. The van der Waals surface area contributed by atoms with Crippen molar-refractivity contribution in [1.82, 2.24) is 15.2 Å². The van der Waals surface area contributed by atoms with Crippen LogP contribution in [0.1, 0.15) is 12.2 Å². The van der Waals surface area contributed by atoms with E-state index in [1.807, 2.05) is 0 Å². The molecule has 1 amide bonds. The number of hydrogen-bond donors (Lipinski definition) is 2. The summed E-state index contributed by atoms with van der Waals surface area (Å²) in [4.78, 5) is 28.4. The normalized spacial score (nSPS) is 19.3. The maximum atomic E-state index is 11.7. The number of anilines is 1. The molecule has 1 unspecified atom stereocenters. The zero-order valence-corrected chi connectivity index (χ0v) is 10.8. The first-order valence-corrected chi connectivity index (χ1v) is 6.16. The molecule has 2 heterocycles. The van der Waals surface area contributed by atoms with Crippen LogP contribution >= 0.6 is 12.6 Å². The van der Waals surface area contributed by atoms with Gasteiger partial charge in [-0.3, -0.25) is 19.6 Å². The van der Waals surface area contributed by atoms with E-state index in [9.17, 15) is 9.59 Å². The first-order valence-electron chi connectivity index (χ1n) is 5.53. The second-order valence-electron chi connectivity index (χ2n) is 4.09. The van der Waals surface area contributed by atoms with Gasteiger partial charge in [-0.2, -0.15) is 17.6 Å². The zero-order chi connectivity index (χ0) is 13.1. The van der Waals surface area contributed by atoms with Crippen LogP contribution in [0, 0.1) is 5.92 Å². The molecule has 8 heteroatoms. The average molecular weight is 270 g/mol. The summed E-state index contributed by atoms with van der Waals surface area (Å²) >= 11 is 4.18. The summed E-state index contributed by atoms with van der Waals surface area (Å²) in [6.45, 7) is 0.567. The first-order chi connectivity index (χ1) is 8.63. The molecule has 0 aliphatic carbocycles. The van der Waals surface area contributed by atoms with Gasteiger partial charge in [0.1, 0.15) is 12.2 Å². The van der Waals surface area contributed by atoms with E-state index in [4.69, 9.17) is 0 Å². The smallest absolute Gasteiger partial charge is 0.313 e. The maximum Gasteiger partial charge on any atom is 0.313 e. The summed E-state index contributed by atoms with van der Waals surface area (Å²) in [7, 11) is 1.31. The Balaban J connectivity index is 2.06. The van der Waals surface area contributed by atoms with Gasteiger partial charge in [0.05, 0.1) is 7.11 Å². The highest BCUT2D eigenvalue weighted by Gasteiger charge is 2.32. The van der Waals surface area contributed by atoms with Crippen molar-refractivity contribution in [2.24, 2.45) is 5.92 Å². The van der Waals surface area contributed by atoms with Crippen molar-refractivity contribution in [3.63, 3.8) is 0 Å². The molecular formula is C10H14N4O3S. The Morgan fingerprint density at radius 2 is 2.44 bits per heavy atom. The van der Waals surface area contributed by atoms with Crippen LogP contribution in [0.4, 0.5) is 5.95 Å². The Morgan fingerprint density at radius 3 is 3.06 bits per heavy atom. The summed E-state index contributed by atoms with van der Waals surface area (Å²) in [5.74, 6) is 1.16. The minimum absolute atomic E-state index is 0.0154. The fourth-order valence-electron chi connectivity index (χ4n) is 1.79. The highest BCUT2D eigenvalue weighted by atomic mass is 32.1. The number of thiol groups is 1. The van der Waals surface area contributed by atoms with Gasteiger partial charge in [0.15, 0.2) is 0 Å². The van der Waals surface area contributed by atoms with Crippen LogP contribution in [0.15, 0.2) is 0 Å². The number of methoxy groups -OCH3 is 1. The van der Waals surface area contributed by atoms with Gasteiger partial charge in [0.2, 0.25) is 5.91 Å². The molecule has 1 aromatic heterocycles. The molecule has 18 heavy (non-hydrogen) atoms. The highest BCUT2D eigenvalue weighted by molar-refractivity contribution is 7.80. The number of aromatic nitrogens is 3. The predicted octanol–water partition coefficient (Wildman–Crippen LogP) is -0.197. The molecule has 1 fully saturated rings. The number of amides is 1.